The van der Waals surface area contributed by atoms with Gasteiger partial charge in [0.15, 0.2) is 0 Å². The summed E-state index contributed by atoms with van der Waals surface area (Å²) in [5, 5.41) is 11.2. The molecule has 0 N–H and O–H groups in total. The van der Waals surface area contributed by atoms with Crippen LogP contribution in [0.1, 0.15) is 183 Å². The summed E-state index contributed by atoms with van der Waals surface area (Å²) in [7, 11) is -7.04. The van der Waals surface area contributed by atoms with Gasteiger partial charge in [-0.15, -0.1) is 11.8 Å². The van der Waals surface area contributed by atoms with Crippen molar-refractivity contribution in [1.29, 1.82) is 0 Å². The van der Waals surface area contributed by atoms with E-state index in [2.05, 4.69) is 200 Å². The van der Waals surface area contributed by atoms with Crippen LogP contribution in [-0.2, 0) is 6.54 Å². The minimum atomic E-state index is -1.71. The normalized spacial score (nSPS) is 12.8. The van der Waals surface area contributed by atoms with Crippen molar-refractivity contribution in [2.24, 2.45) is 0 Å². The van der Waals surface area contributed by atoms with Gasteiger partial charge in [-0.25, -0.2) is 4.44 Å². The van der Waals surface area contributed by atoms with E-state index in [1.54, 1.807) is 15.6 Å². The van der Waals surface area contributed by atoms with Crippen molar-refractivity contribution < 1.29 is 0 Å². The Balaban J connectivity index is 1.85. The summed E-state index contributed by atoms with van der Waals surface area (Å²) in [6, 6.07) is 66.2. The lowest BCUT2D eigenvalue weighted by atomic mass is 10.2. The second kappa shape index (κ2) is 34.8. The average molecular weight is 1120 g/mol. The Morgan fingerprint density at radius 3 is 0.907 bits per heavy atom. The van der Waals surface area contributed by atoms with Crippen molar-refractivity contribution in [2.45, 2.75) is 244 Å². The first-order valence-electron chi connectivity index (χ1n) is 31.1. The van der Waals surface area contributed by atoms with Crippen LogP contribution in [0.15, 0.2) is 132 Å². The van der Waals surface area contributed by atoms with E-state index in [1.165, 1.54) is 202 Å². The molecule has 0 amide bonds. The third-order valence-electron chi connectivity index (χ3n) is 17.2. The molecule has 412 valence electrons. The van der Waals surface area contributed by atoms with Gasteiger partial charge in [0.1, 0.15) is 0 Å². The molecule has 5 aromatic rings. The predicted molar refractivity (Wildman–Crippen MR) is 356 cm³/mol. The fraction of sp³-hybridized carbons (Fsp3) is 0.559. The number of thioether (sulfide) groups is 1. The van der Waals surface area contributed by atoms with Crippen molar-refractivity contribution in [2.75, 3.05) is 6.26 Å². The second-order valence-electron chi connectivity index (χ2n) is 22.7. The molecule has 5 aromatic carbocycles. The van der Waals surface area contributed by atoms with Gasteiger partial charge in [-0.1, -0.05) is 369 Å². The first-order valence-corrected chi connectivity index (χ1v) is 42.8. The highest BCUT2D eigenvalue weighted by Crippen LogP contribution is 2.56. The first-order chi connectivity index (χ1) is 36.7. The maximum atomic E-state index is 3.08. The molecule has 0 aliphatic rings. The van der Waals surface area contributed by atoms with E-state index >= 15 is 0 Å². The van der Waals surface area contributed by atoms with Gasteiger partial charge in [-0.05, 0) is 33.8 Å². The van der Waals surface area contributed by atoms with Crippen LogP contribution in [0, 0.1) is 0 Å². The van der Waals surface area contributed by atoms with Crippen LogP contribution in [0.3, 0.4) is 0 Å². The Labute approximate surface area is 473 Å². The molecule has 0 saturated carbocycles. The lowest BCUT2D eigenvalue weighted by Gasteiger charge is -2.41. The monoisotopic (exact) mass is 1120 g/mol. The first kappa shape index (κ1) is 63.7. The number of unbranched alkanes of at least 4 members (excludes halogenated alkanes) is 9. The van der Waals surface area contributed by atoms with Gasteiger partial charge in [0.05, 0.1) is 24.2 Å². The lowest BCUT2D eigenvalue weighted by molar-refractivity contribution is 0.717. The molecule has 0 spiro atoms. The average Bonchev–Trinajstić information content (AvgIpc) is 3.46. The van der Waals surface area contributed by atoms with E-state index in [0.717, 1.165) is 6.54 Å². The molecule has 0 radical (unpaired) electrons. The van der Waals surface area contributed by atoms with Crippen LogP contribution in [0.5, 0.6) is 0 Å². The molecule has 0 aromatic heterocycles. The summed E-state index contributed by atoms with van der Waals surface area (Å²) >= 11 is 1.94. The minimum Gasteiger partial charge on any atom is -0.240 e. The van der Waals surface area contributed by atoms with Crippen LogP contribution in [-0.4, -0.2) is 34.9 Å². The maximum absolute atomic E-state index is 3.08. The van der Waals surface area contributed by atoms with Crippen LogP contribution in [0.2, 0.25) is 54.4 Å². The topological polar surface area (TPSA) is 3.24 Å². The molecule has 5 rings (SSSR count). The molecule has 1 nitrogen and oxygen atoms in total. The van der Waals surface area contributed by atoms with Crippen molar-refractivity contribution >= 4 is 88.9 Å². The van der Waals surface area contributed by atoms with Gasteiger partial charge in [0.25, 0.3) is 0 Å². The molecular formula is C68H107NP2SSi3. The van der Waals surface area contributed by atoms with Crippen molar-refractivity contribution in [3.05, 3.63) is 133 Å². The smallest absolute Gasteiger partial charge is 0.0867 e. The van der Waals surface area contributed by atoms with Gasteiger partial charge in [-0.3, -0.25) is 0 Å². The van der Waals surface area contributed by atoms with Crippen molar-refractivity contribution in [1.82, 2.24) is 4.44 Å². The molecule has 1 unspecified atom stereocenters. The zero-order chi connectivity index (χ0) is 53.8. The van der Waals surface area contributed by atoms with E-state index in [-0.39, 0.29) is 0 Å². The third-order valence-corrected chi connectivity index (χ3v) is 40.1. The van der Waals surface area contributed by atoms with E-state index in [4.69, 9.17) is 0 Å². The molecule has 7 heteroatoms. The SMILES string of the molecule is CCCC[Si](CCCC)(CCCC)c1ccc(P(c2ccc([Si](CCCC)(CCCC)CCCC)cc2)N(Cc2ccccc2)P(c2ccc([Si](CCCC)(CCCC)CCCC)cc2)c2ccccc2SC)cc1. The molecule has 0 fully saturated rings. The van der Waals surface area contributed by atoms with Gasteiger partial charge >= 0.3 is 0 Å². The largest absolute Gasteiger partial charge is 0.240 e. The number of nitrogens with zero attached hydrogens (tertiary/aromatic N) is 1. The Morgan fingerprint density at radius 1 is 0.333 bits per heavy atom. The summed E-state index contributed by atoms with van der Waals surface area (Å²) in [5.74, 6) is 0. The lowest BCUT2D eigenvalue weighted by Crippen LogP contribution is -2.48. The van der Waals surface area contributed by atoms with Crippen LogP contribution >= 0.6 is 27.9 Å². The molecule has 0 saturated heterocycles. The molecule has 1 atom stereocenters. The summed E-state index contributed by atoms with van der Waals surface area (Å²) in [6.45, 7) is 22.6. The summed E-state index contributed by atoms with van der Waals surface area (Å²) in [5.41, 5.74) is 1.41. The molecule has 0 aliphatic carbocycles. The number of rotatable bonds is 39. The van der Waals surface area contributed by atoms with Crippen molar-refractivity contribution in [3.8, 4) is 0 Å². The molecule has 75 heavy (non-hydrogen) atoms. The third kappa shape index (κ3) is 18.0. The highest BCUT2D eigenvalue weighted by molar-refractivity contribution is 7.99. The fourth-order valence-electron chi connectivity index (χ4n) is 12.5. The highest BCUT2D eigenvalue weighted by Gasteiger charge is 2.39. The quantitative estimate of drug-likeness (QED) is 0.0219. The molecule has 0 bridgehead atoms. The maximum Gasteiger partial charge on any atom is 0.0867 e. The van der Waals surface area contributed by atoms with Gasteiger partial charge in [-0.2, -0.15) is 0 Å². The number of benzene rings is 5. The van der Waals surface area contributed by atoms with E-state index < -0.39 is 40.4 Å². The van der Waals surface area contributed by atoms with Crippen LogP contribution < -0.4 is 36.8 Å². The minimum absolute atomic E-state index is 0.902. The summed E-state index contributed by atoms with van der Waals surface area (Å²) in [4.78, 5) is 1.42. The second-order valence-corrected chi connectivity index (χ2v) is 42.0. The summed E-state index contributed by atoms with van der Waals surface area (Å²) < 4.78 is 3.08. The summed E-state index contributed by atoms with van der Waals surface area (Å²) in [6.07, 6.45) is 26.2. The molecular weight excluding hydrogens is 1010 g/mol. The van der Waals surface area contributed by atoms with Crippen molar-refractivity contribution in [3.63, 3.8) is 0 Å². The fourth-order valence-corrected chi connectivity index (χ4v) is 36.3. The number of hydrogen-bond donors (Lipinski definition) is 0. The predicted octanol–water partition coefficient (Wildman–Crippen LogP) is 19.5. The zero-order valence-corrected chi connectivity index (χ0v) is 55.3. The Kier molecular flexibility index (Phi) is 29.6. The van der Waals surface area contributed by atoms with Gasteiger partial charge in [0.2, 0.25) is 0 Å². The Bertz CT molecular complexity index is 2130. The Morgan fingerprint density at radius 2 is 0.613 bits per heavy atom. The number of hydrogen-bond acceptors (Lipinski definition) is 2. The van der Waals surface area contributed by atoms with E-state index in [1.807, 2.05) is 11.8 Å². The Hall–Kier alpha value is -2.08. The van der Waals surface area contributed by atoms with E-state index in [0.29, 0.717) is 0 Å². The highest BCUT2D eigenvalue weighted by atomic mass is 32.2. The zero-order valence-electron chi connectivity index (χ0n) is 49.7. The molecule has 0 heterocycles. The standard InChI is InChI=1S/C68H107NP2SSi3/c1-11-20-50-73(51-21-12-2,52-22-13-3)64-44-38-61(39-45-64)70(62-40-46-65(47-41-62)74(53-23-14-4,54-24-15-5)55-25-16-6)69(59-60-34-30-29-31-35-60)71(67-36-32-33-37-68(67)72-10)63-42-48-66(49-43-63)75(56-26-17-7,57-27-18-8)58-28-19-9/h29-49H,11-28,50-59H2,1-10H3. The van der Waals surface area contributed by atoms with Crippen LogP contribution in [0.4, 0.5) is 0 Å². The van der Waals surface area contributed by atoms with Gasteiger partial charge in [0, 0.05) is 32.9 Å². The molecule has 0 aliphatic heterocycles. The van der Waals surface area contributed by atoms with Gasteiger partial charge < -0.3 is 0 Å². The van der Waals surface area contributed by atoms with E-state index in [9.17, 15) is 0 Å². The van der Waals surface area contributed by atoms with Crippen LogP contribution in [0.25, 0.3) is 0 Å².